The predicted molar refractivity (Wildman–Crippen MR) is 146 cm³/mol. The molecule has 2 amide bonds. The van der Waals surface area contributed by atoms with Crippen molar-refractivity contribution >= 4 is 39.1 Å². The Hall–Kier alpha value is -2.78. The molecule has 0 unspecified atom stereocenters. The molecule has 1 aliphatic rings. The van der Waals surface area contributed by atoms with Gasteiger partial charge in [0, 0.05) is 17.6 Å². The largest absolute Gasteiger partial charge is 0.497 e. The molecule has 0 bridgehead atoms. The average Bonchev–Trinajstić information content (AvgIpc) is 3.35. The summed E-state index contributed by atoms with van der Waals surface area (Å²) in [5.74, 6) is -0.0111. The Morgan fingerprint density at radius 2 is 1.78 bits per heavy atom. The highest BCUT2D eigenvalue weighted by Crippen LogP contribution is 2.26. The number of sulfonamides is 1. The first kappa shape index (κ1) is 28.8. The van der Waals surface area contributed by atoms with Crippen LogP contribution >= 0.6 is 11.6 Å². The van der Waals surface area contributed by atoms with Crippen LogP contribution in [0.3, 0.4) is 0 Å². The number of amides is 2. The lowest BCUT2D eigenvalue weighted by Gasteiger charge is -2.33. The molecule has 0 spiro atoms. The number of rotatable bonds is 11. The maximum atomic E-state index is 13.8. The lowest BCUT2D eigenvalue weighted by atomic mass is 10.1. The van der Waals surface area contributed by atoms with Crippen molar-refractivity contribution in [3.8, 4) is 5.75 Å². The van der Waals surface area contributed by atoms with Gasteiger partial charge in [0.15, 0.2) is 0 Å². The molecule has 10 heteroatoms. The lowest BCUT2D eigenvalue weighted by Crippen LogP contribution is -2.53. The zero-order chi connectivity index (χ0) is 27.2. The number of nitrogens with zero attached hydrogens (tertiary/aromatic N) is 2. The summed E-state index contributed by atoms with van der Waals surface area (Å²) in [4.78, 5) is 28.6. The van der Waals surface area contributed by atoms with Crippen LogP contribution in [-0.4, -0.2) is 57.1 Å². The van der Waals surface area contributed by atoms with Crippen molar-refractivity contribution in [1.29, 1.82) is 0 Å². The molecule has 1 N–H and O–H groups in total. The first-order chi connectivity index (χ1) is 17.5. The Balaban J connectivity index is 1.94. The molecule has 2 aromatic carbocycles. The third kappa shape index (κ3) is 7.61. The lowest BCUT2D eigenvalue weighted by molar-refractivity contribution is -0.140. The maximum absolute atomic E-state index is 13.8. The molecule has 1 fully saturated rings. The summed E-state index contributed by atoms with van der Waals surface area (Å²) >= 11 is 6.07. The Bertz CT molecular complexity index is 1200. The van der Waals surface area contributed by atoms with Crippen LogP contribution in [0.2, 0.25) is 5.02 Å². The molecule has 1 saturated carbocycles. The van der Waals surface area contributed by atoms with Gasteiger partial charge in [-0.1, -0.05) is 43.5 Å². The standard InChI is InChI=1S/C27H36ClN3O5S/c1-5-24(27(33)29-22-8-6-7-9-22)30(17-20-10-13-23(36-3)14-11-20)26(32)18-31(37(4,34)35)25-15-12-21(28)16-19(25)2/h10-16,22,24H,5-9,17-18H2,1-4H3,(H,29,33)/t24-/m0/s1. The van der Waals surface area contributed by atoms with Crippen molar-refractivity contribution in [3.05, 3.63) is 58.6 Å². The summed E-state index contributed by atoms with van der Waals surface area (Å²) in [6.07, 6.45) is 5.43. The van der Waals surface area contributed by atoms with Crippen LogP contribution < -0.4 is 14.4 Å². The first-order valence-corrected chi connectivity index (χ1v) is 14.7. The van der Waals surface area contributed by atoms with Crippen molar-refractivity contribution in [2.75, 3.05) is 24.2 Å². The molecule has 0 heterocycles. The number of hydrogen-bond acceptors (Lipinski definition) is 5. The minimum absolute atomic E-state index is 0.101. The average molecular weight is 550 g/mol. The molecule has 1 atom stereocenters. The fourth-order valence-electron chi connectivity index (χ4n) is 4.71. The van der Waals surface area contributed by atoms with Crippen molar-refractivity contribution in [1.82, 2.24) is 10.2 Å². The highest BCUT2D eigenvalue weighted by molar-refractivity contribution is 7.92. The van der Waals surface area contributed by atoms with Gasteiger partial charge in [-0.3, -0.25) is 13.9 Å². The van der Waals surface area contributed by atoms with E-state index in [1.807, 2.05) is 19.1 Å². The number of benzene rings is 2. The van der Waals surface area contributed by atoms with Gasteiger partial charge in [0.25, 0.3) is 0 Å². The van der Waals surface area contributed by atoms with E-state index in [1.165, 1.54) is 4.90 Å². The number of carbonyl (C=O) groups excluding carboxylic acids is 2. The van der Waals surface area contributed by atoms with E-state index in [-0.39, 0.29) is 18.5 Å². The molecule has 0 aliphatic heterocycles. The molecular formula is C27H36ClN3O5S. The number of hydrogen-bond donors (Lipinski definition) is 1. The van der Waals surface area contributed by atoms with E-state index in [0.29, 0.717) is 28.4 Å². The number of aryl methyl sites for hydroxylation is 1. The van der Waals surface area contributed by atoms with Crippen LogP contribution in [0.15, 0.2) is 42.5 Å². The van der Waals surface area contributed by atoms with Crippen molar-refractivity contribution in [3.63, 3.8) is 0 Å². The van der Waals surface area contributed by atoms with Gasteiger partial charge >= 0.3 is 0 Å². The second-order valence-corrected chi connectivity index (χ2v) is 11.8. The summed E-state index contributed by atoms with van der Waals surface area (Å²) < 4.78 is 31.9. The number of halogens is 1. The molecule has 1 aliphatic carbocycles. The van der Waals surface area contributed by atoms with Gasteiger partial charge in [-0.25, -0.2) is 8.42 Å². The van der Waals surface area contributed by atoms with Crippen LogP contribution in [-0.2, 0) is 26.2 Å². The molecule has 0 saturated heterocycles. The maximum Gasteiger partial charge on any atom is 0.244 e. The van der Waals surface area contributed by atoms with Crippen LogP contribution in [0, 0.1) is 6.92 Å². The molecule has 0 radical (unpaired) electrons. The molecule has 3 rings (SSSR count). The quantitative estimate of drug-likeness (QED) is 0.451. The Labute approximate surface area is 225 Å². The minimum atomic E-state index is -3.81. The van der Waals surface area contributed by atoms with E-state index in [0.717, 1.165) is 41.8 Å². The van der Waals surface area contributed by atoms with Crippen LogP contribution in [0.25, 0.3) is 0 Å². The van der Waals surface area contributed by atoms with Gasteiger partial charge in [-0.2, -0.15) is 0 Å². The van der Waals surface area contributed by atoms with Gasteiger partial charge in [-0.05, 0) is 67.6 Å². The molecule has 2 aromatic rings. The Morgan fingerprint density at radius 1 is 1.14 bits per heavy atom. The fourth-order valence-corrected chi connectivity index (χ4v) is 5.84. The monoisotopic (exact) mass is 549 g/mol. The SMILES string of the molecule is CC[C@@H](C(=O)NC1CCCC1)N(Cc1ccc(OC)cc1)C(=O)CN(c1ccc(Cl)cc1C)S(C)(=O)=O. The van der Waals surface area contributed by atoms with E-state index in [1.54, 1.807) is 44.4 Å². The van der Waals surface area contributed by atoms with Crippen molar-refractivity contribution < 1.29 is 22.7 Å². The molecule has 8 nitrogen and oxygen atoms in total. The third-order valence-electron chi connectivity index (χ3n) is 6.71. The Kier molecular flexibility index (Phi) is 9.84. The number of anilines is 1. The van der Waals surface area contributed by atoms with Gasteiger partial charge in [0.1, 0.15) is 18.3 Å². The van der Waals surface area contributed by atoms with E-state index in [9.17, 15) is 18.0 Å². The summed E-state index contributed by atoms with van der Waals surface area (Å²) in [5.41, 5.74) is 1.79. The zero-order valence-corrected chi connectivity index (χ0v) is 23.4. The summed E-state index contributed by atoms with van der Waals surface area (Å²) in [7, 11) is -2.24. The van der Waals surface area contributed by atoms with Crippen molar-refractivity contribution in [2.45, 2.75) is 64.6 Å². The normalized spacial score (nSPS) is 14.7. The Morgan fingerprint density at radius 3 is 2.32 bits per heavy atom. The van der Waals surface area contributed by atoms with Crippen molar-refractivity contribution in [2.24, 2.45) is 0 Å². The second kappa shape index (κ2) is 12.6. The third-order valence-corrected chi connectivity index (χ3v) is 8.07. The van der Waals surface area contributed by atoms with Gasteiger partial charge < -0.3 is 15.0 Å². The van der Waals surface area contributed by atoms with Gasteiger partial charge in [-0.15, -0.1) is 0 Å². The smallest absolute Gasteiger partial charge is 0.244 e. The zero-order valence-electron chi connectivity index (χ0n) is 21.9. The van der Waals surface area contributed by atoms with Crippen LogP contribution in [0.1, 0.15) is 50.2 Å². The highest BCUT2D eigenvalue weighted by atomic mass is 35.5. The van der Waals surface area contributed by atoms with Crippen LogP contribution in [0.5, 0.6) is 5.75 Å². The molecular weight excluding hydrogens is 514 g/mol. The van der Waals surface area contributed by atoms with E-state index >= 15 is 0 Å². The fraction of sp³-hybridized carbons (Fsp3) is 0.481. The summed E-state index contributed by atoms with van der Waals surface area (Å²) in [5, 5.41) is 3.57. The van der Waals surface area contributed by atoms with E-state index in [2.05, 4.69) is 5.32 Å². The first-order valence-electron chi connectivity index (χ1n) is 12.5. The summed E-state index contributed by atoms with van der Waals surface area (Å²) in [6.45, 7) is 3.30. The topological polar surface area (TPSA) is 96.0 Å². The number of ether oxygens (including phenoxy) is 1. The van der Waals surface area contributed by atoms with E-state index in [4.69, 9.17) is 16.3 Å². The second-order valence-electron chi connectivity index (χ2n) is 9.48. The summed E-state index contributed by atoms with van der Waals surface area (Å²) in [6, 6.07) is 11.4. The molecule has 202 valence electrons. The number of carbonyl (C=O) groups is 2. The number of methoxy groups -OCH3 is 1. The molecule has 0 aromatic heterocycles. The van der Waals surface area contributed by atoms with Gasteiger partial charge in [0.2, 0.25) is 21.8 Å². The minimum Gasteiger partial charge on any atom is -0.497 e. The van der Waals surface area contributed by atoms with Gasteiger partial charge in [0.05, 0.1) is 19.1 Å². The molecule has 37 heavy (non-hydrogen) atoms. The van der Waals surface area contributed by atoms with Crippen LogP contribution in [0.4, 0.5) is 5.69 Å². The highest BCUT2D eigenvalue weighted by Gasteiger charge is 2.33. The number of nitrogens with one attached hydrogen (secondary N) is 1. The predicted octanol–water partition coefficient (Wildman–Crippen LogP) is 4.29. The van der Waals surface area contributed by atoms with E-state index < -0.39 is 28.5 Å².